The van der Waals surface area contributed by atoms with Crippen molar-refractivity contribution in [2.45, 2.75) is 50.4 Å². The van der Waals surface area contributed by atoms with Gasteiger partial charge in [-0.1, -0.05) is 6.07 Å². The lowest BCUT2D eigenvalue weighted by atomic mass is 9.78. The van der Waals surface area contributed by atoms with Crippen molar-refractivity contribution in [3.8, 4) is 0 Å². The first kappa shape index (κ1) is 16.4. The van der Waals surface area contributed by atoms with Crippen LogP contribution in [-0.4, -0.2) is 32.2 Å². The zero-order valence-corrected chi connectivity index (χ0v) is 13.8. The van der Waals surface area contributed by atoms with E-state index in [0.29, 0.717) is 23.9 Å². The van der Waals surface area contributed by atoms with Gasteiger partial charge in [0.1, 0.15) is 0 Å². The highest BCUT2D eigenvalue weighted by Crippen LogP contribution is 2.39. The van der Waals surface area contributed by atoms with Crippen LogP contribution in [0.3, 0.4) is 0 Å². The van der Waals surface area contributed by atoms with Crippen LogP contribution in [0.2, 0.25) is 0 Å². The van der Waals surface area contributed by atoms with Gasteiger partial charge in [-0.25, -0.2) is 8.78 Å². The van der Waals surface area contributed by atoms with Crippen LogP contribution in [-0.2, 0) is 14.2 Å². The molecule has 0 N–H and O–H groups in total. The Morgan fingerprint density at radius 1 is 0.875 bits per heavy atom. The van der Waals surface area contributed by atoms with Crippen LogP contribution in [0, 0.1) is 23.5 Å². The molecule has 3 nitrogen and oxygen atoms in total. The summed E-state index contributed by atoms with van der Waals surface area (Å²) in [6.07, 6.45) is 5.30. The molecule has 1 unspecified atom stereocenters. The summed E-state index contributed by atoms with van der Waals surface area (Å²) >= 11 is 0. The summed E-state index contributed by atoms with van der Waals surface area (Å²) in [7, 11) is 0. The summed E-state index contributed by atoms with van der Waals surface area (Å²) < 4.78 is 43.6. The normalized spacial score (nSPS) is 36.5. The molecule has 24 heavy (non-hydrogen) atoms. The van der Waals surface area contributed by atoms with Gasteiger partial charge in [0, 0.05) is 11.8 Å². The molecular weight excluding hydrogens is 314 g/mol. The van der Waals surface area contributed by atoms with Crippen molar-refractivity contribution in [2.24, 2.45) is 11.8 Å². The summed E-state index contributed by atoms with van der Waals surface area (Å²) in [6.45, 7) is 2.40. The van der Waals surface area contributed by atoms with Crippen molar-refractivity contribution >= 4 is 0 Å². The molecule has 0 spiro atoms. The maximum atomic E-state index is 13.4. The molecule has 4 rings (SSSR count). The van der Waals surface area contributed by atoms with E-state index in [-0.39, 0.29) is 6.29 Å². The zero-order valence-electron chi connectivity index (χ0n) is 13.8. The smallest absolute Gasteiger partial charge is 0.160 e. The number of epoxide rings is 1. The van der Waals surface area contributed by atoms with Gasteiger partial charge < -0.3 is 14.2 Å². The van der Waals surface area contributed by atoms with Crippen LogP contribution in [0.4, 0.5) is 8.78 Å². The molecule has 1 aliphatic carbocycles. The molecule has 132 valence electrons. The molecule has 0 amide bonds. The van der Waals surface area contributed by atoms with Crippen molar-refractivity contribution in [1.29, 1.82) is 0 Å². The van der Waals surface area contributed by atoms with Crippen LogP contribution in [0.5, 0.6) is 0 Å². The molecule has 1 aromatic carbocycles. The van der Waals surface area contributed by atoms with E-state index in [9.17, 15) is 8.78 Å². The van der Waals surface area contributed by atoms with Gasteiger partial charge in [0.2, 0.25) is 0 Å². The number of benzene rings is 1. The topological polar surface area (TPSA) is 31.0 Å². The Kier molecular flexibility index (Phi) is 4.83. The van der Waals surface area contributed by atoms with E-state index in [2.05, 4.69) is 0 Å². The molecule has 5 heteroatoms. The van der Waals surface area contributed by atoms with Crippen molar-refractivity contribution < 1.29 is 23.0 Å². The first-order valence-corrected chi connectivity index (χ1v) is 8.99. The Balaban J connectivity index is 1.26. The Bertz CT molecular complexity index is 560. The van der Waals surface area contributed by atoms with Gasteiger partial charge in [-0.3, -0.25) is 0 Å². The van der Waals surface area contributed by atoms with Crippen molar-refractivity contribution in [1.82, 2.24) is 0 Å². The maximum Gasteiger partial charge on any atom is 0.160 e. The largest absolute Gasteiger partial charge is 0.373 e. The molecule has 0 bridgehead atoms. The third-order valence-electron chi connectivity index (χ3n) is 5.56. The van der Waals surface area contributed by atoms with Gasteiger partial charge in [0.25, 0.3) is 0 Å². The second kappa shape index (κ2) is 7.06. The van der Waals surface area contributed by atoms with Crippen molar-refractivity contribution in [3.05, 3.63) is 35.4 Å². The zero-order chi connectivity index (χ0) is 16.5. The summed E-state index contributed by atoms with van der Waals surface area (Å²) in [4.78, 5) is 0. The maximum absolute atomic E-state index is 13.4. The highest BCUT2D eigenvalue weighted by molar-refractivity contribution is 5.22. The van der Waals surface area contributed by atoms with E-state index in [0.717, 1.165) is 57.5 Å². The summed E-state index contributed by atoms with van der Waals surface area (Å²) in [6, 6.07) is 4.29. The average Bonchev–Trinajstić information content (AvgIpc) is 3.42. The van der Waals surface area contributed by atoms with E-state index in [1.54, 1.807) is 6.07 Å². The van der Waals surface area contributed by atoms with Gasteiger partial charge in [-0.15, -0.1) is 0 Å². The Labute approximate surface area is 141 Å². The van der Waals surface area contributed by atoms with Crippen molar-refractivity contribution in [2.75, 3.05) is 19.8 Å². The molecule has 2 aliphatic heterocycles. The SMILES string of the molecule is Fc1ccc(C2CCC(C3OCC(CC4CO4)CO3)CC2)cc1F. The lowest BCUT2D eigenvalue weighted by molar-refractivity contribution is -0.229. The molecule has 3 aliphatic rings. The van der Waals surface area contributed by atoms with Crippen LogP contribution < -0.4 is 0 Å². The molecule has 1 aromatic rings. The van der Waals surface area contributed by atoms with Gasteiger partial charge in [0.05, 0.1) is 25.9 Å². The third kappa shape index (κ3) is 3.79. The number of hydrogen-bond acceptors (Lipinski definition) is 3. The number of hydrogen-bond donors (Lipinski definition) is 0. The first-order valence-electron chi connectivity index (χ1n) is 8.99. The summed E-state index contributed by atoms with van der Waals surface area (Å²) in [5.74, 6) is -0.362. The standard InChI is InChI=1S/C19H24F2O3/c20-17-6-5-15(8-18(17)21)13-1-3-14(4-2-13)19-23-9-12(10-24-19)7-16-11-22-16/h5-6,8,12-14,16,19H,1-4,7,9-11H2. The minimum Gasteiger partial charge on any atom is -0.373 e. The monoisotopic (exact) mass is 338 g/mol. The van der Waals surface area contributed by atoms with E-state index in [1.807, 2.05) is 0 Å². The van der Waals surface area contributed by atoms with E-state index in [4.69, 9.17) is 14.2 Å². The molecular formula is C19H24F2O3. The molecule has 1 saturated carbocycles. The fourth-order valence-electron chi connectivity index (χ4n) is 4.03. The Hall–Kier alpha value is -1.04. The molecule has 3 fully saturated rings. The lowest BCUT2D eigenvalue weighted by Gasteiger charge is -2.37. The van der Waals surface area contributed by atoms with E-state index in [1.165, 1.54) is 12.1 Å². The van der Waals surface area contributed by atoms with Crippen LogP contribution in [0.15, 0.2) is 18.2 Å². The van der Waals surface area contributed by atoms with Crippen LogP contribution >= 0.6 is 0 Å². The van der Waals surface area contributed by atoms with E-state index < -0.39 is 11.6 Å². The van der Waals surface area contributed by atoms with Gasteiger partial charge in [-0.2, -0.15) is 0 Å². The second-order valence-electron chi connectivity index (χ2n) is 7.38. The third-order valence-corrected chi connectivity index (χ3v) is 5.56. The molecule has 0 radical (unpaired) electrons. The van der Waals surface area contributed by atoms with Crippen LogP contribution in [0.25, 0.3) is 0 Å². The predicted octanol–water partition coefficient (Wildman–Crippen LogP) is 4.02. The summed E-state index contributed by atoms with van der Waals surface area (Å²) in [5.41, 5.74) is 0.905. The van der Waals surface area contributed by atoms with Gasteiger partial charge >= 0.3 is 0 Å². The Morgan fingerprint density at radius 3 is 2.21 bits per heavy atom. The average molecular weight is 338 g/mol. The van der Waals surface area contributed by atoms with Gasteiger partial charge in [0.15, 0.2) is 17.9 Å². The molecule has 2 saturated heterocycles. The Morgan fingerprint density at radius 2 is 1.58 bits per heavy atom. The quantitative estimate of drug-likeness (QED) is 0.777. The van der Waals surface area contributed by atoms with Crippen LogP contribution in [0.1, 0.15) is 43.6 Å². The fraction of sp³-hybridized carbons (Fsp3) is 0.684. The number of ether oxygens (including phenoxy) is 3. The first-order chi connectivity index (χ1) is 11.7. The predicted molar refractivity (Wildman–Crippen MR) is 84.6 cm³/mol. The minimum absolute atomic E-state index is 0.104. The minimum atomic E-state index is -0.775. The fourth-order valence-corrected chi connectivity index (χ4v) is 4.03. The number of rotatable bonds is 4. The molecule has 2 heterocycles. The highest BCUT2D eigenvalue weighted by atomic mass is 19.2. The van der Waals surface area contributed by atoms with E-state index >= 15 is 0 Å². The molecule has 0 aromatic heterocycles. The van der Waals surface area contributed by atoms with Gasteiger partial charge in [-0.05, 0) is 55.7 Å². The molecule has 1 atom stereocenters. The number of halogens is 2. The highest BCUT2D eigenvalue weighted by Gasteiger charge is 2.35. The lowest BCUT2D eigenvalue weighted by Crippen LogP contribution is -2.38. The second-order valence-corrected chi connectivity index (χ2v) is 7.38. The van der Waals surface area contributed by atoms with Crippen molar-refractivity contribution in [3.63, 3.8) is 0 Å². The summed E-state index contributed by atoms with van der Waals surface area (Å²) in [5, 5.41) is 0.